The number of anilines is 1. The van der Waals surface area contributed by atoms with Crippen LogP contribution in [0.5, 0.6) is 11.5 Å². The van der Waals surface area contributed by atoms with Crippen LogP contribution in [0.15, 0.2) is 42.5 Å². The largest absolute Gasteiger partial charge is 0.493 e. The van der Waals surface area contributed by atoms with E-state index in [4.69, 9.17) is 21.1 Å². The summed E-state index contributed by atoms with van der Waals surface area (Å²) in [6, 6.07) is 12.1. The Morgan fingerprint density at radius 1 is 1.18 bits per heavy atom. The number of nitrogens with one attached hydrogen (secondary N) is 2. The molecule has 2 amide bonds. The zero-order valence-corrected chi connectivity index (χ0v) is 13.1. The fourth-order valence-corrected chi connectivity index (χ4v) is 1.98. The van der Waals surface area contributed by atoms with Gasteiger partial charge in [0.2, 0.25) is 0 Å². The molecule has 2 N–H and O–H groups in total. The number of carbonyl (C=O) groups is 1. The molecule has 5 nitrogen and oxygen atoms in total. The summed E-state index contributed by atoms with van der Waals surface area (Å²) in [4.78, 5) is 11.8. The Morgan fingerprint density at radius 2 is 1.91 bits per heavy atom. The number of halogens is 1. The van der Waals surface area contributed by atoms with E-state index < -0.39 is 0 Å². The van der Waals surface area contributed by atoms with Gasteiger partial charge in [0.05, 0.1) is 7.11 Å². The van der Waals surface area contributed by atoms with Gasteiger partial charge < -0.3 is 20.1 Å². The van der Waals surface area contributed by atoms with Crippen LogP contribution >= 0.6 is 11.6 Å². The van der Waals surface area contributed by atoms with Crippen molar-refractivity contribution in [2.45, 2.75) is 6.92 Å². The maximum absolute atomic E-state index is 11.8. The lowest BCUT2D eigenvalue weighted by Crippen LogP contribution is -2.32. The van der Waals surface area contributed by atoms with Crippen LogP contribution in [0.3, 0.4) is 0 Å². The summed E-state index contributed by atoms with van der Waals surface area (Å²) >= 11 is 5.91. The van der Waals surface area contributed by atoms with E-state index in [-0.39, 0.29) is 12.8 Å². The fourth-order valence-electron chi connectivity index (χ4n) is 1.81. The van der Waals surface area contributed by atoms with Gasteiger partial charge in [-0.15, -0.1) is 0 Å². The lowest BCUT2D eigenvalue weighted by Gasteiger charge is -2.12. The first-order valence-electron chi connectivity index (χ1n) is 6.67. The van der Waals surface area contributed by atoms with Crippen molar-refractivity contribution in [1.29, 1.82) is 0 Å². The van der Waals surface area contributed by atoms with Crippen molar-refractivity contribution < 1.29 is 14.3 Å². The third-order valence-electron chi connectivity index (χ3n) is 2.98. The predicted octanol–water partition coefficient (Wildman–Crippen LogP) is 3.82. The highest BCUT2D eigenvalue weighted by molar-refractivity contribution is 6.31. The van der Waals surface area contributed by atoms with Gasteiger partial charge in [0, 0.05) is 10.7 Å². The molecule has 116 valence electrons. The number of para-hydroxylation sites is 2. The number of amides is 2. The van der Waals surface area contributed by atoms with Gasteiger partial charge in [0.15, 0.2) is 18.2 Å². The molecule has 0 saturated carbocycles. The van der Waals surface area contributed by atoms with Crippen LogP contribution < -0.4 is 20.1 Å². The van der Waals surface area contributed by atoms with E-state index in [1.54, 1.807) is 31.4 Å². The molecular weight excluding hydrogens is 304 g/mol. The number of carbonyl (C=O) groups excluding carboxylic acids is 1. The van der Waals surface area contributed by atoms with Crippen molar-refractivity contribution in [3.05, 3.63) is 53.1 Å². The molecule has 0 atom stereocenters. The molecule has 0 heterocycles. The summed E-state index contributed by atoms with van der Waals surface area (Å²) in [5.41, 5.74) is 1.58. The molecule has 0 spiro atoms. The highest BCUT2D eigenvalue weighted by atomic mass is 35.5. The quantitative estimate of drug-likeness (QED) is 0.823. The maximum Gasteiger partial charge on any atom is 0.321 e. The number of ether oxygens (including phenoxy) is 2. The van der Waals surface area contributed by atoms with E-state index in [2.05, 4.69) is 10.6 Å². The first-order valence-corrected chi connectivity index (χ1v) is 7.05. The summed E-state index contributed by atoms with van der Waals surface area (Å²) in [6.07, 6.45) is 0. The predicted molar refractivity (Wildman–Crippen MR) is 86.8 cm³/mol. The molecule has 2 aromatic rings. The topological polar surface area (TPSA) is 59.6 Å². The Morgan fingerprint density at radius 3 is 2.64 bits per heavy atom. The average Bonchev–Trinajstić information content (AvgIpc) is 2.51. The molecule has 6 heteroatoms. The van der Waals surface area contributed by atoms with Crippen LogP contribution in [0, 0.1) is 6.92 Å². The summed E-state index contributed by atoms with van der Waals surface area (Å²) in [5.74, 6) is 1.17. The van der Waals surface area contributed by atoms with Crippen molar-refractivity contribution in [3.8, 4) is 11.5 Å². The van der Waals surface area contributed by atoms with Gasteiger partial charge in [0.1, 0.15) is 0 Å². The minimum Gasteiger partial charge on any atom is -0.493 e. The molecule has 0 aromatic heterocycles. The third-order valence-corrected chi connectivity index (χ3v) is 3.21. The normalized spacial score (nSPS) is 9.95. The molecule has 2 rings (SSSR count). The second-order valence-corrected chi connectivity index (χ2v) is 4.97. The molecule has 22 heavy (non-hydrogen) atoms. The fraction of sp³-hybridized carbons (Fsp3) is 0.188. The van der Waals surface area contributed by atoms with E-state index >= 15 is 0 Å². The average molecular weight is 321 g/mol. The molecule has 2 aromatic carbocycles. The van der Waals surface area contributed by atoms with Crippen LogP contribution in [0.4, 0.5) is 10.5 Å². The third kappa shape index (κ3) is 4.30. The van der Waals surface area contributed by atoms with Gasteiger partial charge in [-0.2, -0.15) is 0 Å². The highest BCUT2D eigenvalue weighted by Crippen LogP contribution is 2.25. The van der Waals surface area contributed by atoms with E-state index in [1.165, 1.54) is 0 Å². The van der Waals surface area contributed by atoms with Gasteiger partial charge in [-0.05, 0) is 36.8 Å². The summed E-state index contributed by atoms with van der Waals surface area (Å²) in [6.45, 7) is 1.91. The molecule has 0 radical (unpaired) electrons. The molecule has 0 aliphatic carbocycles. The van der Waals surface area contributed by atoms with Crippen molar-refractivity contribution in [3.63, 3.8) is 0 Å². The highest BCUT2D eigenvalue weighted by Gasteiger charge is 2.06. The molecule has 0 aliphatic heterocycles. The van der Waals surface area contributed by atoms with Crippen LogP contribution in [-0.2, 0) is 0 Å². The number of hydrogen-bond acceptors (Lipinski definition) is 3. The second-order valence-electron chi connectivity index (χ2n) is 4.53. The van der Waals surface area contributed by atoms with Crippen LogP contribution in [-0.4, -0.2) is 19.9 Å². The Labute approximate surface area is 134 Å². The number of benzene rings is 2. The number of rotatable bonds is 5. The lowest BCUT2D eigenvalue weighted by atomic mass is 10.2. The first-order chi connectivity index (χ1) is 10.6. The van der Waals surface area contributed by atoms with E-state index in [0.29, 0.717) is 22.2 Å². The van der Waals surface area contributed by atoms with Gasteiger partial charge in [-0.25, -0.2) is 4.79 Å². The van der Waals surface area contributed by atoms with Crippen LogP contribution in [0.2, 0.25) is 5.02 Å². The molecule has 0 fully saturated rings. The molecule has 0 bridgehead atoms. The maximum atomic E-state index is 11.8. The van der Waals surface area contributed by atoms with Gasteiger partial charge in [-0.1, -0.05) is 29.8 Å². The lowest BCUT2D eigenvalue weighted by molar-refractivity contribution is 0.231. The van der Waals surface area contributed by atoms with E-state index in [0.717, 1.165) is 5.56 Å². The Bertz CT molecular complexity index is 662. The standard InChI is InChI=1S/C16H17ClN2O3/c1-11-7-8-12(17)9-13(11)19-16(20)18-10-22-15-6-4-3-5-14(15)21-2/h3-9H,10H2,1-2H3,(H2,18,19,20). The smallest absolute Gasteiger partial charge is 0.321 e. The number of methoxy groups -OCH3 is 1. The molecular formula is C16H17ClN2O3. The van der Waals surface area contributed by atoms with Gasteiger partial charge in [-0.3, -0.25) is 0 Å². The Kier molecular flexibility index (Phi) is 5.49. The number of hydrogen-bond donors (Lipinski definition) is 2. The SMILES string of the molecule is COc1ccccc1OCNC(=O)Nc1cc(Cl)ccc1C. The monoisotopic (exact) mass is 320 g/mol. The van der Waals surface area contributed by atoms with Crippen molar-refractivity contribution in [1.82, 2.24) is 5.32 Å². The van der Waals surface area contributed by atoms with Crippen LogP contribution in [0.25, 0.3) is 0 Å². The van der Waals surface area contributed by atoms with Crippen molar-refractivity contribution in [2.24, 2.45) is 0 Å². The minimum absolute atomic E-state index is 0.0197. The zero-order valence-electron chi connectivity index (χ0n) is 12.4. The Balaban J connectivity index is 1.87. The summed E-state index contributed by atoms with van der Waals surface area (Å²) in [5, 5.41) is 5.89. The van der Waals surface area contributed by atoms with Gasteiger partial charge in [0.25, 0.3) is 0 Å². The van der Waals surface area contributed by atoms with Crippen LogP contribution in [0.1, 0.15) is 5.56 Å². The Hall–Kier alpha value is -2.40. The first kappa shape index (κ1) is 16.0. The number of aryl methyl sites for hydroxylation is 1. The molecule has 0 saturated heterocycles. The van der Waals surface area contributed by atoms with Gasteiger partial charge >= 0.3 is 6.03 Å². The van der Waals surface area contributed by atoms with E-state index in [9.17, 15) is 4.79 Å². The second kappa shape index (κ2) is 7.56. The molecule has 0 aliphatic rings. The van der Waals surface area contributed by atoms with Crippen molar-refractivity contribution in [2.75, 3.05) is 19.2 Å². The summed E-state index contributed by atoms with van der Waals surface area (Å²) in [7, 11) is 1.56. The minimum atomic E-state index is -0.375. The molecule has 0 unspecified atom stereocenters. The van der Waals surface area contributed by atoms with E-state index in [1.807, 2.05) is 25.1 Å². The zero-order chi connectivity index (χ0) is 15.9. The number of urea groups is 1. The van der Waals surface area contributed by atoms with Crippen molar-refractivity contribution >= 4 is 23.3 Å². The summed E-state index contributed by atoms with van der Waals surface area (Å²) < 4.78 is 10.6.